The van der Waals surface area contributed by atoms with Crippen molar-refractivity contribution < 1.29 is 9.59 Å². The average molecular weight is 296 g/mol. The van der Waals surface area contributed by atoms with Crippen LogP contribution >= 0.6 is 0 Å². The summed E-state index contributed by atoms with van der Waals surface area (Å²) in [5.74, 6) is 0.514. The molecule has 4 heteroatoms. The van der Waals surface area contributed by atoms with Crippen molar-refractivity contribution in [2.24, 2.45) is 5.92 Å². The van der Waals surface area contributed by atoms with E-state index in [1.165, 1.54) is 0 Å². The van der Waals surface area contributed by atoms with Crippen molar-refractivity contribution in [2.45, 2.75) is 84.7 Å². The van der Waals surface area contributed by atoms with Crippen molar-refractivity contribution in [3.63, 3.8) is 0 Å². The molecule has 1 N–H and O–H groups in total. The lowest BCUT2D eigenvalue weighted by molar-refractivity contribution is -0.164. The van der Waals surface area contributed by atoms with Crippen molar-refractivity contribution >= 4 is 11.8 Å². The summed E-state index contributed by atoms with van der Waals surface area (Å²) >= 11 is 0. The van der Waals surface area contributed by atoms with Gasteiger partial charge < -0.3 is 10.2 Å². The molecule has 1 heterocycles. The van der Waals surface area contributed by atoms with Crippen LogP contribution in [0, 0.1) is 5.92 Å². The molecular formula is C17H32N2O2. The first kappa shape index (κ1) is 18.0. The van der Waals surface area contributed by atoms with Crippen LogP contribution in [0.3, 0.4) is 0 Å². The SMILES string of the molecule is CCCC(C)CN1C(=O)C(C)(CC)NC(=O)C1(CC)CC. The summed E-state index contributed by atoms with van der Waals surface area (Å²) in [6.07, 6.45) is 4.14. The Morgan fingerprint density at radius 3 is 2.10 bits per heavy atom. The maximum Gasteiger partial charge on any atom is 0.248 e. The van der Waals surface area contributed by atoms with Gasteiger partial charge in [-0.3, -0.25) is 9.59 Å². The highest BCUT2D eigenvalue weighted by atomic mass is 16.2. The van der Waals surface area contributed by atoms with Crippen LogP contribution in [-0.2, 0) is 9.59 Å². The predicted molar refractivity (Wildman–Crippen MR) is 85.9 cm³/mol. The standard InChI is InChI=1S/C17H32N2O2/c1-7-11-13(5)12-19-15(21)16(6,8-2)18-14(20)17(19,9-3)10-4/h13H,7-12H2,1-6H3,(H,18,20). The maximum absolute atomic E-state index is 13.0. The van der Waals surface area contributed by atoms with Crippen molar-refractivity contribution in [3.05, 3.63) is 0 Å². The third-order valence-corrected chi connectivity index (χ3v) is 5.20. The molecule has 1 fully saturated rings. The summed E-state index contributed by atoms with van der Waals surface area (Å²) in [7, 11) is 0. The number of hydrogen-bond acceptors (Lipinski definition) is 2. The molecule has 4 nitrogen and oxygen atoms in total. The molecule has 0 radical (unpaired) electrons. The second kappa shape index (κ2) is 6.80. The van der Waals surface area contributed by atoms with E-state index < -0.39 is 11.1 Å². The third kappa shape index (κ3) is 3.09. The highest BCUT2D eigenvalue weighted by Crippen LogP contribution is 2.34. The van der Waals surface area contributed by atoms with Crippen LogP contribution in [0.25, 0.3) is 0 Å². The average Bonchev–Trinajstić information content (AvgIpc) is 2.46. The summed E-state index contributed by atoms with van der Waals surface area (Å²) in [4.78, 5) is 27.6. The molecule has 2 amide bonds. The number of carbonyl (C=O) groups excluding carboxylic acids is 2. The third-order valence-electron chi connectivity index (χ3n) is 5.20. The number of nitrogens with zero attached hydrogens (tertiary/aromatic N) is 1. The Morgan fingerprint density at radius 2 is 1.67 bits per heavy atom. The van der Waals surface area contributed by atoms with Crippen LogP contribution in [-0.4, -0.2) is 34.3 Å². The number of carbonyl (C=O) groups is 2. The van der Waals surface area contributed by atoms with E-state index >= 15 is 0 Å². The molecule has 0 bridgehead atoms. The fourth-order valence-corrected chi connectivity index (χ4v) is 3.38. The molecular weight excluding hydrogens is 264 g/mol. The number of rotatable bonds is 7. The van der Waals surface area contributed by atoms with Crippen molar-refractivity contribution in [3.8, 4) is 0 Å². The van der Waals surface area contributed by atoms with E-state index in [1.54, 1.807) is 0 Å². The lowest BCUT2D eigenvalue weighted by atomic mass is 9.80. The van der Waals surface area contributed by atoms with E-state index in [2.05, 4.69) is 19.2 Å². The number of nitrogens with one attached hydrogen (secondary N) is 1. The van der Waals surface area contributed by atoms with Gasteiger partial charge in [-0.1, -0.05) is 41.0 Å². The number of amides is 2. The van der Waals surface area contributed by atoms with E-state index in [0.29, 0.717) is 31.7 Å². The fraction of sp³-hybridized carbons (Fsp3) is 0.882. The zero-order valence-corrected chi connectivity index (χ0v) is 14.6. The van der Waals surface area contributed by atoms with Gasteiger partial charge in [0, 0.05) is 6.54 Å². The Labute approximate surface area is 129 Å². The molecule has 0 aliphatic carbocycles. The molecule has 1 saturated heterocycles. The van der Waals surface area contributed by atoms with E-state index in [1.807, 2.05) is 32.6 Å². The molecule has 2 unspecified atom stereocenters. The molecule has 122 valence electrons. The molecule has 0 aromatic carbocycles. The highest BCUT2D eigenvalue weighted by molar-refractivity contribution is 6.02. The van der Waals surface area contributed by atoms with Gasteiger partial charge >= 0.3 is 0 Å². The lowest BCUT2D eigenvalue weighted by Gasteiger charge is -2.52. The minimum atomic E-state index is -0.753. The van der Waals surface area contributed by atoms with Gasteiger partial charge in [-0.05, 0) is 38.5 Å². The quantitative estimate of drug-likeness (QED) is 0.785. The van der Waals surface area contributed by atoms with Crippen LogP contribution in [0.15, 0.2) is 0 Å². The van der Waals surface area contributed by atoms with Gasteiger partial charge in [-0.2, -0.15) is 0 Å². The topological polar surface area (TPSA) is 49.4 Å². The van der Waals surface area contributed by atoms with Crippen LogP contribution < -0.4 is 5.32 Å². The molecule has 0 spiro atoms. The van der Waals surface area contributed by atoms with Gasteiger partial charge in [0.15, 0.2) is 0 Å². The lowest BCUT2D eigenvalue weighted by Crippen LogP contribution is -2.75. The summed E-state index contributed by atoms with van der Waals surface area (Å²) < 4.78 is 0. The molecule has 1 rings (SSSR count). The van der Waals surface area contributed by atoms with Crippen molar-refractivity contribution in [2.75, 3.05) is 6.54 Å². The van der Waals surface area contributed by atoms with Gasteiger partial charge in [0.25, 0.3) is 0 Å². The van der Waals surface area contributed by atoms with Gasteiger partial charge in [0.1, 0.15) is 11.1 Å². The van der Waals surface area contributed by atoms with Gasteiger partial charge in [0.2, 0.25) is 11.8 Å². The van der Waals surface area contributed by atoms with Crippen molar-refractivity contribution in [1.29, 1.82) is 0 Å². The second-order valence-electron chi connectivity index (χ2n) is 6.69. The van der Waals surface area contributed by atoms with Crippen molar-refractivity contribution in [1.82, 2.24) is 10.2 Å². The van der Waals surface area contributed by atoms with E-state index in [9.17, 15) is 9.59 Å². The molecule has 1 aliphatic heterocycles. The molecule has 21 heavy (non-hydrogen) atoms. The van der Waals surface area contributed by atoms with Crippen LogP contribution in [0.5, 0.6) is 0 Å². The van der Waals surface area contributed by atoms with E-state index in [0.717, 1.165) is 12.8 Å². The smallest absolute Gasteiger partial charge is 0.248 e. The number of piperazine rings is 1. The van der Waals surface area contributed by atoms with Crippen LogP contribution in [0.2, 0.25) is 0 Å². The summed E-state index contributed by atoms with van der Waals surface area (Å²) in [5, 5.41) is 2.99. The number of hydrogen-bond donors (Lipinski definition) is 1. The minimum absolute atomic E-state index is 0.0140. The fourth-order valence-electron chi connectivity index (χ4n) is 3.38. The minimum Gasteiger partial charge on any atom is -0.340 e. The summed E-state index contributed by atoms with van der Waals surface area (Å²) in [6, 6.07) is 0. The zero-order valence-electron chi connectivity index (χ0n) is 14.6. The molecule has 0 aromatic heterocycles. The molecule has 0 aromatic rings. The van der Waals surface area contributed by atoms with E-state index in [-0.39, 0.29) is 11.8 Å². The summed E-state index contributed by atoms with van der Waals surface area (Å²) in [5.41, 5.74) is -1.43. The van der Waals surface area contributed by atoms with Gasteiger partial charge in [0.05, 0.1) is 0 Å². The predicted octanol–water partition coefficient (Wildman–Crippen LogP) is 3.11. The second-order valence-corrected chi connectivity index (χ2v) is 6.69. The Balaban J connectivity index is 3.18. The van der Waals surface area contributed by atoms with Gasteiger partial charge in [-0.25, -0.2) is 0 Å². The Kier molecular flexibility index (Phi) is 5.83. The highest BCUT2D eigenvalue weighted by Gasteiger charge is 2.54. The Bertz CT molecular complexity index is 390. The zero-order chi connectivity index (χ0) is 16.3. The first-order chi connectivity index (χ1) is 9.81. The molecule has 2 atom stereocenters. The van der Waals surface area contributed by atoms with Gasteiger partial charge in [-0.15, -0.1) is 0 Å². The van der Waals surface area contributed by atoms with Crippen LogP contribution in [0.4, 0.5) is 0 Å². The first-order valence-electron chi connectivity index (χ1n) is 8.45. The molecule has 0 saturated carbocycles. The maximum atomic E-state index is 13.0. The van der Waals surface area contributed by atoms with E-state index in [4.69, 9.17) is 0 Å². The Morgan fingerprint density at radius 1 is 1.10 bits per heavy atom. The monoisotopic (exact) mass is 296 g/mol. The first-order valence-corrected chi connectivity index (χ1v) is 8.45. The Hall–Kier alpha value is -1.06. The van der Waals surface area contributed by atoms with Crippen LogP contribution in [0.1, 0.15) is 73.6 Å². The normalized spacial score (nSPS) is 26.7. The molecule has 1 aliphatic rings. The largest absolute Gasteiger partial charge is 0.340 e. The summed E-state index contributed by atoms with van der Waals surface area (Å²) in [6.45, 7) is 12.8.